The Bertz CT molecular complexity index is 1390. The topological polar surface area (TPSA) is 72.6 Å². The van der Waals surface area contributed by atoms with Gasteiger partial charge in [-0.05, 0) is 37.1 Å². The van der Waals surface area contributed by atoms with E-state index in [-0.39, 0.29) is 22.8 Å². The molecule has 0 saturated carbocycles. The molecular formula is C29H34FN5O2S2. The first-order valence-electron chi connectivity index (χ1n) is 13.4. The number of amides is 1. The van der Waals surface area contributed by atoms with E-state index in [1.807, 2.05) is 17.0 Å². The molecule has 10 heteroatoms. The number of hydrogen-bond acceptors (Lipinski definition) is 7. The summed E-state index contributed by atoms with van der Waals surface area (Å²) in [7, 11) is 1.65. The number of aromatic nitrogens is 1. The minimum atomic E-state index is -0.377. The normalized spacial score (nSPS) is 16.9. The number of halogens is 1. The Hall–Kier alpha value is -3.16. The Morgan fingerprint density at radius 1 is 1.08 bits per heavy atom. The van der Waals surface area contributed by atoms with Crippen LogP contribution in [0.25, 0.3) is 6.08 Å². The number of nitriles is 1. The number of hydrogen-bond donors (Lipinski definition) is 0. The summed E-state index contributed by atoms with van der Waals surface area (Å²) in [5, 5.41) is 9.75. The number of carbonyl (C=O) groups is 1. The number of para-hydroxylation sites is 1. The molecule has 2 fully saturated rings. The quantitative estimate of drug-likeness (QED) is 0.234. The van der Waals surface area contributed by atoms with E-state index in [9.17, 15) is 19.2 Å². The first-order chi connectivity index (χ1) is 18.8. The van der Waals surface area contributed by atoms with Gasteiger partial charge < -0.3 is 9.80 Å². The number of nitrogens with zero attached hydrogens (tertiary/aromatic N) is 5. The first kappa shape index (κ1) is 28.8. The SMILES string of the molecule is CCCCCCCN1C(=O)/C(=C/c2c(C)c(C#N)c(=O)n(C)c2N2CCN(c3ccccc3F)CC2)SC1=S. The Balaban J connectivity index is 1.63. The maximum atomic E-state index is 14.4. The van der Waals surface area contributed by atoms with E-state index in [1.54, 1.807) is 37.1 Å². The summed E-state index contributed by atoms with van der Waals surface area (Å²) in [5.41, 5.74) is 1.44. The van der Waals surface area contributed by atoms with Crippen LogP contribution in [0.4, 0.5) is 15.9 Å². The molecule has 2 aliphatic rings. The molecule has 1 aromatic heterocycles. The summed E-state index contributed by atoms with van der Waals surface area (Å²) in [6.45, 7) is 6.73. The number of anilines is 2. The number of thiocarbonyl (C=S) groups is 1. The second-order valence-corrected chi connectivity index (χ2v) is 11.6. The Morgan fingerprint density at radius 2 is 1.74 bits per heavy atom. The molecule has 0 radical (unpaired) electrons. The largest absolute Gasteiger partial charge is 0.366 e. The number of pyridine rings is 1. The van der Waals surface area contributed by atoms with Crippen molar-refractivity contribution in [2.75, 3.05) is 42.5 Å². The molecule has 0 N–H and O–H groups in total. The highest BCUT2D eigenvalue weighted by Gasteiger charge is 2.33. The van der Waals surface area contributed by atoms with Crippen LogP contribution in [0.2, 0.25) is 0 Å². The molecule has 2 aliphatic heterocycles. The van der Waals surface area contributed by atoms with Gasteiger partial charge in [0, 0.05) is 45.3 Å². The predicted molar refractivity (Wildman–Crippen MR) is 161 cm³/mol. The third-order valence-electron chi connectivity index (χ3n) is 7.37. The van der Waals surface area contributed by atoms with Gasteiger partial charge in [0.2, 0.25) is 0 Å². The highest BCUT2D eigenvalue weighted by molar-refractivity contribution is 8.26. The van der Waals surface area contributed by atoms with Crippen LogP contribution in [0.5, 0.6) is 0 Å². The fraction of sp³-hybridized carbons (Fsp3) is 0.448. The molecular weight excluding hydrogens is 533 g/mol. The van der Waals surface area contributed by atoms with E-state index in [2.05, 4.69) is 11.8 Å². The lowest BCUT2D eigenvalue weighted by Crippen LogP contribution is -2.48. The van der Waals surface area contributed by atoms with E-state index in [1.165, 1.54) is 28.8 Å². The maximum absolute atomic E-state index is 14.4. The van der Waals surface area contributed by atoms with Crippen molar-refractivity contribution in [2.45, 2.75) is 46.0 Å². The Kier molecular flexibility index (Phi) is 9.46. The first-order valence-corrected chi connectivity index (χ1v) is 14.6. The molecule has 4 rings (SSSR count). The van der Waals surface area contributed by atoms with Crippen LogP contribution in [-0.2, 0) is 11.8 Å². The Labute approximate surface area is 238 Å². The van der Waals surface area contributed by atoms with Crippen LogP contribution in [0.3, 0.4) is 0 Å². The molecule has 0 aliphatic carbocycles. The number of unbranched alkanes of at least 4 members (excludes halogenated alkanes) is 4. The van der Waals surface area contributed by atoms with Crippen molar-refractivity contribution in [3.63, 3.8) is 0 Å². The average molecular weight is 568 g/mol. The minimum absolute atomic E-state index is 0.0592. The maximum Gasteiger partial charge on any atom is 0.270 e. The fourth-order valence-electron chi connectivity index (χ4n) is 5.16. The number of rotatable bonds is 9. The summed E-state index contributed by atoms with van der Waals surface area (Å²) >= 11 is 6.80. The molecule has 0 spiro atoms. The van der Waals surface area contributed by atoms with Gasteiger partial charge in [0.05, 0.1) is 10.6 Å². The average Bonchev–Trinajstić information content (AvgIpc) is 3.20. The smallest absolute Gasteiger partial charge is 0.270 e. The number of carbonyl (C=O) groups excluding carboxylic acids is 1. The van der Waals surface area contributed by atoms with Crippen molar-refractivity contribution in [1.82, 2.24) is 9.47 Å². The highest BCUT2D eigenvalue weighted by atomic mass is 32.2. The zero-order chi connectivity index (χ0) is 28.1. The number of thioether (sulfide) groups is 1. The van der Waals surface area contributed by atoms with E-state index >= 15 is 0 Å². The lowest BCUT2D eigenvalue weighted by atomic mass is 10.0. The van der Waals surface area contributed by atoms with Gasteiger partial charge in [-0.25, -0.2) is 4.39 Å². The number of piperazine rings is 1. The van der Waals surface area contributed by atoms with Gasteiger partial charge in [0.1, 0.15) is 27.6 Å². The molecule has 0 unspecified atom stereocenters. The minimum Gasteiger partial charge on any atom is -0.366 e. The van der Waals surface area contributed by atoms with Gasteiger partial charge in [-0.3, -0.25) is 19.1 Å². The molecule has 2 aromatic rings. The number of benzene rings is 1. The second-order valence-electron chi connectivity index (χ2n) is 9.89. The third-order valence-corrected chi connectivity index (χ3v) is 8.75. The van der Waals surface area contributed by atoms with Crippen molar-refractivity contribution in [3.05, 3.63) is 62.0 Å². The molecule has 7 nitrogen and oxygen atoms in total. The van der Waals surface area contributed by atoms with Crippen molar-refractivity contribution in [1.29, 1.82) is 5.26 Å². The summed E-state index contributed by atoms with van der Waals surface area (Å²) < 4.78 is 16.4. The van der Waals surface area contributed by atoms with Gasteiger partial charge in [-0.15, -0.1) is 0 Å². The van der Waals surface area contributed by atoms with Crippen molar-refractivity contribution in [2.24, 2.45) is 7.05 Å². The molecule has 3 heterocycles. The van der Waals surface area contributed by atoms with Crippen LogP contribution in [0.1, 0.15) is 55.7 Å². The van der Waals surface area contributed by atoms with Gasteiger partial charge in [0.15, 0.2) is 0 Å². The lowest BCUT2D eigenvalue weighted by Gasteiger charge is -2.38. The monoisotopic (exact) mass is 567 g/mol. The molecule has 2 saturated heterocycles. The molecule has 0 atom stereocenters. The van der Waals surface area contributed by atoms with Crippen LogP contribution >= 0.6 is 24.0 Å². The lowest BCUT2D eigenvalue weighted by molar-refractivity contribution is -0.122. The van der Waals surface area contributed by atoms with Crippen molar-refractivity contribution < 1.29 is 9.18 Å². The second kappa shape index (κ2) is 12.8. The fourth-order valence-corrected chi connectivity index (χ4v) is 6.45. The van der Waals surface area contributed by atoms with E-state index in [0.717, 1.165) is 25.7 Å². The molecule has 1 aromatic carbocycles. The molecule has 39 heavy (non-hydrogen) atoms. The van der Waals surface area contributed by atoms with E-state index in [0.29, 0.717) is 64.6 Å². The molecule has 206 valence electrons. The molecule has 0 bridgehead atoms. The summed E-state index contributed by atoms with van der Waals surface area (Å²) in [6.07, 6.45) is 7.22. The van der Waals surface area contributed by atoms with Crippen LogP contribution in [-0.4, -0.2) is 52.4 Å². The van der Waals surface area contributed by atoms with Gasteiger partial charge in [-0.1, -0.05) is 68.7 Å². The zero-order valence-electron chi connectivity index (χ0n) is 22.7. The summed E-state index contributed by atoms with van der Waals surface area (Å²) in [4.78, 5) is 32.7. The molecule has 1 amide bonds. The summed E-state index contributed by atoms with van der Waals surface area (Å²) in [5.74, 6) is 0.248. The third kappa shape index (κ3) is 6.04. The highest BCUT2D eigenvalue weighted by Crippen LogP contribution is 2.36. The van der Waals surface area contributed by atoms with E-state index in [4.69, 9.17) is 12.2 Å². The zero-order valence-corrected chi connectivity index (χ0v) is 24.3. The van der Waals surface area contributed by atoms with Gasteiger partial charge in [-0.2, -0.15) is 5.26 Å². The van der Waals surface area contributed by atoms with Crippen LogP contribution in [0, 0.1) is 24.1 Å². The van der Waals surface area contributed by atoms with Crippen molar-refractivity contribution in [3.8, 4) is 6.07 Å². The predicted octanol–water partition coefficient (Wildman–Crippen LogP) is 5.20. The van der Waals surface area contributed by atoms with Gasteiger partial charge in [0.25, 0.3) is 11.5 Å². The summed E-state index contributed by atoms with van der Waals surface area (Å²) in [6, 6.07) is 8.76. The van der Waals surface area contributed by atoms with Gasteiger partial charge >= 0.3 is 0 Å². The Morgan fingerprint density at radius 3 is 2.41 bits per heavy atom. The van der Waals surface area contributed by atoms with E-state index < -0.39 is 0 Å². The van der Waals surface area contributed by atoms with Crippen LogP contribution < -0.4 is 15.4 Å². The van der Waals surface area contributed by atoms with Crippen LogP contribution in [0.15, 0.2) is 34.0 Å². The standard InChI is InChI=1S/C29H34FN5O2S2/c1-4-5-6-7-10-13-35-28(37)25(39-29(35)38)18-21-20(2)22(19-31)27(36)32(3)26(21)34-16-14-33(15-17-34)24-12-9-8-11-23(24)30/h8-9,11-12,18H,4-7,10,13-17H2,1-3H3/b25-18-. The van der Waals surface area contributed by atoms with Crippen molar-refractivity contribution >= 4 is 51.8 Å².